The average molecular weight is 699 g/mol. The second-order valence-electron chi connectivity index (χ2n) is 11.8. The quantitative estimate of drug-likeness (QED) is 0.0879. The molecule has 260 valence electrons. The topological polar surface area (TPSA) is 9.23 Å². The molecule has 0 bridgehead atoms. The summed E-state index contributed by atoms with van der Waals surface area (Å²) in [6.07, 6.45) is 1.64. The van der Waals surface area contributed by atoms with Gasteiger partial charge in [-0.3, -0.25) is 0 Å². The molecule has 5 aromatic carbocycles. The molecule has 0 aliphatic carbocycles. The molecule has 0 saturated carbocycles. The molecule has 0 aliphatic heterocycles. The van der Waals surface area contributed by atoms with E-state index in [9.17, 15) is 17.6 Å². The zero-order valence-corrected chi connectivity index (χ0v) is 26.8. The smallest absolute Gasteiger partial charge is 0.429 e. The van der Waals surface area contributed by atoms with Gasteiger partial charge in [-0.1, -0.05) is 75.1 Å². The Morgan fingerprint density at radius 3 is 1.78 bits per heavy atom. The predicted molar refractivity (Wildman–Crippen MR) is 176 cm³/mol. The van der Waals surface area contributed by atoms with Gasteiger partial charge >= 0.3 is 6.11 Å². The van der Waals surface area contributed by atoms with Gasteiger partial charge in [0, 0.05) is 22.8 Å². The molecule has 50 heavy (non-hydrogen) atoms. The fraction of sp³-hybridized carbons (Fsp3) is 0.200. The maximum absolute atomic E-state index is 15.2. The van der Waals surface area contributed by atoms with E-state index < -0.39 is 64.2 Å². The van der Waals surface area contributed by atoms with E-state index in [0.29, 0.717) is 29.8 Å². The van der Waals surface area contributed by atoms with Crippen molar-refractivity contribution >= 4 is 5.83 Å². The van der Waals surface area contributed by atoms with Crippen molar-refractivity contribution in [1.82, 2.24) is 0 Å². The van der Waals surface area contributed by atoms with E-state index in [1.54, 1.807) is 6.07 Å². The Hall–Kier alpha value is -4.99. The molecule has 0 fully saturated rings. The highest BCUT2D eigenvalue weighted by Crippen LogP contribution is 2.39. The van der Waals surface area contributed by atoms with Crippen LogP contribution in [0.5, 0.6) is 5.75 Å². The second-order valence-corrected chi connectivity index (χ2v) is 11.8. The molecule has 0 unspecified atom stereocenters. The lowest BCUT2D eigenvalue weighted by molar-refractivity contribution is -0.189. The molecule has 10 heteroatoms. The Bertz CT molecular complexity index is 1980. The maximum Gasteiger partial charge on any atom is 0.432 e. The lowest BCUT2D eigenvalue weighted by atomic mass is 9.97. The zero-order valence-electron chi connectivity index (χ0n) is 26.8. The number of benzene rings is 5. The summed E-state index contributed by atoms with van der Waals surface area (Å²) in [4.78, 5) is 0. The number of rotatable bonds is 13. The number of halogens is 9. The number of ether oxygens (including phenoxy) is 1. The van der Waals surface area contributed by atoms with Gasteiger partial charge in [-0.2, -0.15) is 8.78 Å². The van der Waals surface area contributed by atoms with Crippen LogP contribution in [0.15, 0.2) is 97.3 Å². The minimum Gasteiger partial charge on any atom is -0.429 e. The fourth-order valence-electron chi connectivity index (χ4n) is 5.66. The Balaban J connectivity index is 1.31. The van der Waals surface area contributed by atoms with Crippen molar-refractivity contribution in [2.45, 2.75) is 51.6 Å². The van der Waals surface area contributed by atoms with Gasteiger partial charge in [0.05, 0.1) is 0 Å². The first-order valence-electron chi connectivity index (χ1n) is 15.9. The second kappa shape index (κ2) is 15.7. The molecule has 0 saturated heterocycles. The van der Waals surface area contributed by atoms with Gasteiger partial charge in [-0.05, 0) is 83.1 Å². The molecule has 0 spiro atoms. The third kappa shape index (κ3) is 8.23. The lowest BCUT2D eigenvalue weighted by Gasteiger charge is -2.20. The molecule has 0 heterocycles. The lowest BCUT2D eigenvalue weighted by Crippen LogP contribution is -2.25. The summed E-state index contributed by atoms with van der Waals surface area (Å²) in [5.41, 5.74) is -1.10. The molecule has 5 rings (SSSR count). The van der Waals surface area contributed by atoms with Crippen molar-refractivity contribution in [2.75, 3.05) is 0 Å². The normalized spacial score (nSPS) is 12.0. The zero-order chi connectivity index (χ0) is 36.0. The standard InChI is InChI=1S/C40H31F9O/c1-2-3-4-5-6-7-24-8-10-25(11-9-24)26-12-15-31(33(42)18-26)28-20-36(45)39(37(46)21-28)40(48,49)50-29-14-17-30(35(44)22-29)27-13-16-32(34(43)19-27)38(47)23-41/h8-23H,2-7H2,1H3/b38-23-. The monoisotopic (exact) mass is 698 g/mol. The summed E-state index contributed by atoms with van der Waals surface area (Å²) in [5, 5.41) is 0. The van der Waals surface area contributed by atoms with Crippen LogP contribution in [0.2, 0.25) is 0 Å². The van der Waals surface area contributed by atoms with E-state index in [4.69, 9.17) is 0 Å². The molecule has 5 aromatic rings. The van der Waals surface area contributed by atoms with Crippen LogP contribution >= 0.6 is 0 Å². The van der Waals surface area contributed by atoms with Crippen molar-refractivity contribution in [3.8, 4) is 39.1 Å². The van der Waals surface area contributed by atoms with E-state index in [1.165, 1.54) is 31.4 Å². The number of aryl methyl sites for hydroxylation is 1. The largest absolute Gasteiger partial charge is 0.432 e. The highest BCUT2D eigenvalue weighted by molar-refractivity contribution is 5.72. The number of hydrogen-bond acceptors (Lipinski definition) is 1. The fourth-order valence-corrected chi connectivity index (χ4v) is 5.66. The molecular weight excluding hydrogens is 667 g/mol. The minimum atomic E-state index is -4.64. The Labute approximate surface area is 283 Å². The molecule has 0 aromatic heterocycles. The van der Waals surface area contributed by atoms with Crippen LogP contribution < -0.4 is 4.74 Å². The van der Waals surface area contributed by atoms with Crippen molar-refractivity contribution < 1.29 is 44.3 Å². The van der Waals surface area contributed by atoms with Crippen LogP contribution in [0.3, 0.4) is 0 Å². The SMILES string of the molecule is CCCCCCCc1ccc(-c2ccc(-c3cc(F)c(C(F)(F)Oc4ccc(-c5ccc(/C(F)=C/F)c(F)c5)c(F)c4)c(F)c3)c(F)c2)cc1. The van der Waals surface area contributed by atoms with E-state index >= 15 is 22.0 Å². The number of alkyl halides is 2. The van der Waals surface area contributed by atoms with Crippen LogP contribution in [0, 0.1) is 29.1 Å². The van der Waals surface area contributed by atoms with Gasteiger partial charge in [0.1, 0.15) is 46.7 Å². The molecule has 1 nitrogen and oxygen atoms in total. The molecule has 0 amide bonds. The molecule has 0 radical (unpaired) electrons. The molecule has 0 aliphatic rings. The van der Waals surface area contributed by atoms with Gasteiger partial charge in [-0.25, -0.2) is 30.7 Å². The Morgan fingerprint density at radius 2 is 1.16 bits per heavy atom. The first-order valence-corrected chi connectivity index (χ1v) is 15.9. The van der Waals surface area contributed by atoms with Crippen molar-refractivity contribution in [2.24, 2.45) is 0 Å². The summed E-state index contributed by atoms with van der Waals surface area (Å²) in [7, 11) is 0. The van der Waals surface area contributed by atoms with E-state index in [-0.39, 0.29) is 22.3 Å². The summed E-state index contributed by atoms with van der Waals surface area (Å²) in [5.74, 6) is -9.01. The highest BCUT2D eigenvalue weighted by Gasteiger charge is 2.41. The third-order valence-corrected chi connectivity index (χ3v) is 8.29. The van der Waals surface area contributed by atoms with Crippen LogP contribution in [-0.4, -0.2) is 0 Å². The molecule has 0 N–H and O–H groups in total. The van der Waals surface area contributed by atoms with Gasteiger partial charge in [-0.15, -0.1) is 0 Å². The number of hydrogen-bond donors (Lipinski definition) is 0. The number of unbranched alkanes of at least 4 members (excludes halogenated alkanes) is 4. The third-order valence-electron chi connectivity index (χ3n) is 8.29. The summed E-state index contributed by atoms with van der Waals surface area (Å²) < 4.78 is 135. The van der Waals surface area contributed by atoms with Gasteiger partial charge < -0.3 is 4.74 Å². The summed E-state index contributed by atoms with van der Waals surface area (Å²) >= 11 is 0. The average Bonchev–Trinajstić information content (AvgIpc) is 3.07. The minimum absolute atomic E-state index is 0.136. The first kappa shape index (κ1) is 36.3. The van der Waals surface area contributed by atoms with Crippen LogP contribution in [-0.2, 0) is 12.5 Å². The van der Waals surface area contributed by atoms with E-state index in [1.807, 2.05) is 24.3 Å². The van der Waals surface area contributed by atoms with Gasteiger partial charge in [0.2, 0.25) is 0 Å². The Morgan fingerprint density at radius 1 is 0.600 bits per heavy atom. The van der Waals surface area contributed by atoms with Crippen LogP contribution in [0.1, 0.15) is 55.7 Å². The summed E-state index contributed by atoms with van der Waals surface area (Å²) in [6, 6.07) is 17.7. The van der Waals surface area contributed by atoms with Crippen molar-refractivity contribution in [3.05, 3.63) is 143 Å². The van der Waals surface area contributed by atoms with Crippen LogP contribution in [0.25, 0.3) is 39.2 Å². The van der Waals surface area contributed by atoms with Crippen molar-refractivity contribution in [3.63, 3.8) is 0 Å². The van der Waals surface area contributed by atoms with Crippen LogP contribution in [0.4, 0.5) is 39.5 Å². The highest BCUT2D eigenvalue weighted by atomic mass is 19.3. The van der Waals surface area contributed by atoms with E-state index in [0.717, 1.165) is 54.7 Å². The molecule has 0 atom stereocenters. The molecular formula is C40H31F9O. The summed E-state index contributed by atoms with van der Waals surface area (Å²) in [6.45, 7) is 2.16. The van der Waals surface area contributed by atoms with E-state index in [2.05, 4.69) is 11.7 Å². The Kier molecular flexibility index (Phi) is 11.4. The first-order chi connectivity index (χ1) is 23.9. The van der Waals surface area contributed by atoms with Gasteiger partial charge in [0.25, 0.3) is 0 Å². The predicted octanol–water partition coefficient (Wildman–Crippen LogP) is 13.3. The van der Waals surface area contributed by atoms with Crippen molar-refractivity contribution in [1.29, 1.82) is 0 Å². The maximum atomic E-state index is 15.2. The van der Waals surface area contributed by atoms with Gasteiger partial charge in [0.15, 0.2) is 5.83 Å².